The molecule has 0 spiro atoms. The molecule has 0 aliphatic carbocycles. The summed E-state index contributed by atoms with van der Waals surface area (Å²) in [6.07, 6.45) is 3.45. The Kier molecular flexibility index (Phi) is 5.11. The van der Waals surface area contributed by atoms with Crippen LogP contribution in [0.4, 0.5) is 16.2 Å². The number of rotatable bonds is 5. The SMILES string of the molecule is CC(C)(C)Nc1nc(NCc2ccccc2F)cc(-c2ccncc2)n1. The van der Waals surface area contributed by atoms with Crippen molar-refractivity contribution < 1.29 is 4.39 Å². The molecule has 6 heteroatoms. The number of halogens is 1. The average molecular weight is 351 g/mol. The molecule has 2 aromatic heterocycles. The van der Waals surface area contributed by atoms with Crippen LogP contribution in [0.5, 0.6) is 0 Å². The fraction of sp³-hybridized carbons (Fsp3) is 0.250. The van der Waals surface area contributed by atoms with Crippen molar-refractivity contribution in [1.29, 1.82) is 0 Å². The first-order chi connectivity index (χ1) is 12.4. The van der Waals surface area contributed by atoms with Crippen molar-refractivity contribution >= 4 is 11.8 Å². The van der Waals surface area contributed by atoms with Gasteiger partial charge in [-0.1, -0.05) is 18.2 Å². The van der Waals surface area contributed by atoms with E-state index in [1.165, 1.54) is 6.07 Å². The zero-order valence-corrected chi connectivity index (χ0v) is 15.1. The highest BCUT2D eigenvalue weighted by Crippen LogP contribution is 2.23. The summed E-state index contributed by atoms with van der Waals surface area (Å²) in [7, 11) is 0. The number of nitrogens with one attached hydrogen (secondary N) is 2. The Morgan fingerprint density at radius 3 is 2.42 bits per heavy atom. The smallest absolute Gasteiger partial charge is 0.225 e. The lowest BCUT2D eigenvalue weighted by Gasteiger charge is -2.21. The second kappa shape index (κ2) is 7.47. The topological polar surface area (TPSA) is 62.7 Å². The van der Waals surface area contributed by atoms with Crippen LogP contribution in [0.1, 0.15) is 26.3 Å². The maximum atomic E-state index is 13.8. The van der Waals surface area contributed by atoms with Gasteiger partial charge in [0.1, 0.15) is 11.6 Å². The van der Waals surface area contributed by atoms with Gasteiger partial charge in [-0.3, -0.25) is 4.98 Å². The van der Waals surface area contributed by atoms with Crippen LogP contribution in [0.25, 0.3) is 11.3 Å². The Labute approximate surface area is 152 Å². The lowest BCUT2D eigenvalue weighted by Crippen LogP contribution is -2.27. The van der Waals surface area contributed by atoms with Crippen LogP contribution >= 0.6 is 0 Å². The molecule has 1 aromatic carbocycles. The van der Waals surface area contributed by atoms with Crippen LogP contribution in [0.15, 0.2) is 54.9 Å². The lowest BCUT2D eigenvalue weighted by atomic mass is 10.1. The third-order valence-electron chi connectivity index (χ3n) is 3.61. The number of hydrogen-bond donors (Lipinski definition) is 2. The quantitative estimate of drug-likeness (QED) is 0.709. The highest BCUT2D eigenvalue weighted by atomic mass is 19.1. The molecule has 0 fully saturated rings. The van der Waals surface area contributed by atoms with Gasteiger partial charge in [-0.25, -0.2) is 9.37 Å². The molecule has 0 amide bonds. The van der Waals surface area contributed by atoms with E-state index in [9.17, 15) is 4.39 Å². The summed E-state index contributed by atoms with van der Waals surface area (Å²) in [4.78, 5) is 13.2. The second-order valence-electron chi connectivity index (χ2n) is 7.02. The van der Waals surface area contributed by atoms with Gasteiger partial charge in [-0.2, -0.15) is 4.98 Å². The lowest BCUT2D eigenvalue weighted by molar-refractivity contribution is 0.613. The van der Waals surface area contributed by atoms with E-state index in [1.54, 1.807) is 24.5 Å². The Morgan fingerprint density at radius 2 is 1.73 bits per heavy atom. The van der Waals surface area contributed by atoms with Gasteiger partial charge in [-0.05, 0) is 39.0 Å². The normalized spacial score (nSPS) is 11.2. The molecule has 0 aliphatic heterocycles. The Morgan fingerprint density at radius 1 is 1.00 bits per heavy atom. The minimum absolute atomic E-state index is 0.181. The van der Waals surface area contributed by atoms with E-state index in [4.69, 9.17) is 0 Å². The molecular formula is C20H22FN5. The number of hydrogen-bond acceptors (Lipinski definition) is 5. The van der Waals surface area contributed by atoms with Crippen molar-refractivity contribution in [3.05, 3.63) is 66.2 Å². The summed E-state index contributed by atoms with van der Waals surface area (Å²) < 4.78 is 13.8. The van der Waals surface area contributed by atoms with Crippen molar-refractivity contribution in [3.8, 4) is 11.3 Å². The molecule has 0 atom stereocenters. The van der Waals surface area contributed by atoms with E-state index in [-0.39, 0.29) is 11.4 Å². The molecule has 2 heterocycles. The van der Waals surface area contributed by atoms with E-state index in [2.05, 4.69) is 25.6 Å². The summed E-state index contributed by atoms with van der Waals surface area (Å²) in [6.45, 7) is 6.47. The van der Waals surface area contributed by atoms with E-state index >= 15 is 0 Å². The Bertz CT molecular complexity index is 875. The van der Waals surface area contributed by atoms with Gasteiger partial charge < -0.3 is 10.6 Å². The van der Waals surface area contributed by atoms with E-state index < -0.39 is 0 Å². The predicted molar refractivity (Wildman–Crippen MR) is 102 cm³/mol. The van der Waals surface area contributed by atoms with Gasteiger partial charge in [0.25, 0.3) is 0 Å². The maximum Gasteiger partial charge on any atom is 0.225 e. The first-order valence-electron chi connectivity index (χ1n) is 8.46. The fourth-order valence-electron chi connectivity index (χ4n) is 2.43. The minimum Gasteiger partial charge on any atom is -0.366 e. The highest BCUT2D eigenvalue weighted by molar-refractivity contribution is 5.64. The van der Waals surface area contributed by atoms with Crippen LogP contribution in [0.3, 0.4) is 0 Å². The molecular weight excluding hydrogens is 329 g/mol. The molecule has 3 rings (SSSR count). The highest BCUT2D eigenvalue weighted by Gasteiger charge is 2.14. The van der Waals surface area contributed by atoms with E-state index in [0.717, 1.165) is 11.3 Å². The van der Waals surface area contributed by atoms with Gasteiger partial charge >= 0.3 is 0 Å². The minimum atomic E-state index is -0.239. The zero-order chi connectivity index (χ0) is 18.6. The van der Waals surface area contributed by atoms with E-state index in [0.29, 0.717) is 23.9 Å². The average Bonchev–Trinajstić information content (AvgIpc) is 2.60. The Balaban J connectivity index is 1.90. The number of benzene rings is 1. The van der Waals surface area contributed by atoms with Crippen LogP contribution in [-0.2, 0) is 6.54 Å². The van der Waals surface area contributed by atoms with Gasteiger partial charge in [0, 0.05) is 41.7 Å². The van der Waals surface area contributed by atoms with Crippen molar-refractivity contribution in [2.45, 2.75) is 32.9 Å². The molecule has 0 radical (unpaired) electrons. The van der Waals surface area contributed by atoms with Crippen LogP contribution < -0.4 is 10.6 Å². The molecule has 3 aromatic rings. The molecule has 0 saturated carbocycles. The predicted octanol–water partition coefficient (Wildman–Crippen LogP) is 4.50. The number of anilines is 2. The molecule has 0 saturated heterocycles. The fourth-order valence-corrected chi connectivity index (χ4v) is 2.43. The Hall–Kier alpha value is -3.02. The number of aromatic nitrogens is 3. The van der Waals surface area contributed by atoms with Crippen molar-refractivity contribution in [2.24, 2.45) is 0 Å². The number of nitrogens with zero attached hydrogens (tertiary/aromatic N) is 3. The summed E-state index contributed by atoms with van der Waals surface area (Å²) in [5.41, 5.74) is 2.11. The summed E-state index contributed by atoms with van der Waals surface area (Å²) in [5.74, 6) is 0.904. The largest absolute Gasteiger partial charge is 0.366 e. The standard InChI is InChI=1S/C20H22FN5/c1-20(2,3)26-19-24-17(14-8-10-22-11-9-14)12-18(25-19)23-13-15-6-4-5-7-16(15)21/h4-12H,13H2,1-3H3,(H2,23,24,25,26). The van der Waals surface area contributed by atoms with Crippen molar-refractivity contribution in [2.75, 3.05) is 10.6 Å². The van der Waals surface area contributed by atoms with Gasteiger partial charge in [0.05, 0.1) is 5.69 Å². The van der Waals surface area contributed by atoms with E-state index in [1.807, 2.05) is 45.0 Å². The first kappa shape index (κ1) is 17.8. The molecule has 0 unspecified atom stereocenters. The monoisotopic (exact) mass is 351 g/mol. The van der Waals surface area contributed by atoms with Crippen LogP contribution in [0.2, 0.25) is 0 Å². The summed E-state index contributed by atoms with van der Waals surface area (Å²) in [6, 6.07) is 12.3. The molecule has 134 valence electrons. The summed E-state index contributed by atoms with van der Waals surface area (Å²) in [5, 5.41) is 6.48. The molecule has 26 heavy (non-hydrogen) atoms. The zero-order valence-electron chi connectivity index (χ0n) is 15.1. The first-order valence-corrected chi connectivity index (χ1v) is 8.46. The third kappa shape index (κ3) is 4.75. The second-order valence-corrected chi connectivity index (χ2v) is 7.02. The van der Waals surface area contributed by atoms with Crippen molar-refractivity contribution in [1.82, 2.24) is 15.0 Å². The van der Waals surface area contributed by atoms with Crippen LogP contribution in [-0.4, -0.2) is 20.5 Å². The maximum absolute atomic E-state index is 13.8. The third-order valence-corrected chi connectivity index (χ3v) is 3.61. The number of pyridine rings is 1. The van der Waals surface area contributed by atoms with Gasteiger partial charge in [-0.15, -0.1) is 0 Å². The molecule has 5 nitrogen and oxygen atoms in total. The van der Waals surface area contributed by atoms with Crippen LogP contribution in [0, 0.1) is 5.82 Å². The van der Waals surface area contributed by atoms with Gasteiger partial charge in [0.2, 0.25) is 5.95 Å². The molecule has 0 aliphatic rings. The molecule has 2 N–H and O–H groups in total. The van der Waals surface area contributed by atoms with Gasteiger partial charge in [0.15, 0.2) is 0 Å². The summed E-state index contributed by atoms with van der Waals surface area (Å²) >= 11 is 0. The molecule has 0 bridgehead atoms. The van der Waals surface area contributed by atoms with Crippen molar-refractivity contribution in [3.63, 3.8) is 0 Å².